The SMILES string of the molecule is CCc1nn(C)c(CS(=O)CC(C)N)c1Br. The van der Waals surface area contributed by atoms with Crippen molar-refractivity contribution in [2.75, 3.05) is 5.75 Å². The smallest absolute Gasteiger partial charge is 0.0767 e. The highest BCUT2D eigenvalue weighted by Gasteiger charge is 2.15. The topological polar surface area (TPSA) is 60.9 Å². The summed E-state index contributed by atoms with van der Waals surface area (Å²) in [5.41, 5.74) is 7.62. The van der Waals surface area contributed by atoms with Crippen LogP contribution in [-0.2, 0) is 30.0 Å². The number of halogens is 1. The summed E-state index contributed by atoms with van der Waals surface area (Å²) in [6, 6.07) is -0.0292. The lowest BCUT2D eigenvalue weighted by Crippen LogP contribution is -2.24. The molecular formula is C10H18BrN3OS. The number of hydrogen-bond acceptors (Lipinski definition) is 3. The molecule has 92 valence electrons. The number of aromatic nitrogens is 2. The number of nitrogens with zero attached hydrogens (tertiary/aromatic N) is 2. The Hall–Kier alpha value is -0.200. The second-order valence-corrected chi connectivity index (χ2v) is 6.21. The van der Waals surface area contributed by atoms with Gasteiger partial charge in [-0.1, -0.05) is 6.92 Å². The van der Waals surface area contributed by atoms with E-state index in [0.29, 0.717) is 11.5 Å². The second kappa shape index (κ2) is 5.93. The van der Waals surface area contributed by atoms with Crippen molar-refractivity contribution < 1.29 is 4.21 Å². The van der Waals surface area contributed by atoms with Gasteiger partial charge in [0.05, 0.1) is 21.6 Å². The van der Waals surface area contributed by atoms with E-state index in [1.54, 1.807) is 4.68 Å². The molecule has 2 atom stereocenters. The van der Waals surface area contributed by atoms with E-state index in [2.05, 4.69) is 28.0 Å². The van der Waals surface area contributed by atoms with Gasteiger partial charge < -0.3 is 5.73 Å². The van der Waals surface area contributed by atoms with Gasteiger partial charge in [0.25, 0.3) is 0 Å². The highest BCUT2D eigenvalue weighted by atomic mass is 79.9. The van der Waals surface area contributed by atoms with Crippen LogP contribution in [0, 0.1) is 0 Å². The van der Waals surface area contributed by atoms with Gasteiger partial charge in [-0.2, -0.15) is 5.10 Å². The van der Waals surface area contributed by atoms with Gasteiger partial charge in [-0.3, -0.25) is 8.89 Å². The second-order valence-electron chi connectivity index (χ2n) is 3.91. The zero-order valence-electron chi connectivity index (χ0n) is 9.86. The average Bonchev–Trinajstić information content (AvgIpc) is 2.44. The number of hydrogen-bond donors (Lipinski definition) is 1. The van der Waals surface area contributed by atoms with Crippen LogP contribution in [0.2, 0.25) is 0 Å². The summed E-state index contributed by atoms with van der Waals surface area (Å²) in [5.74, 6) is 1.03. The minimum Gasteiger partial charge on any atom is -0.327 e. The minimum absolute atomic E-state index is 0.0292. The predicted molar refractivity (Wildman–Crippen MR) is 70.6 cm³/mol. The van der Waals surface area contributed by atoms with Crippen LogP contribution in [0.5, 0.6) is 0 Å². The normalized spacial score (nSPS) is 15.1. The van der Waals surface area contributed by atoms with E-state index in [1.165, 1.54) is 0 Å². The number of nitrogens with two attached hydrogens (primary N) is 1. The highest BCUT2D eigenvalue weighted by Crippen LogP contribution is 2.22. The van der Waals surface area contributed by atoms with Gasteiger partial charge in [0.15, 0.2) is 0 Å². The van der Waals surface area contributed by atoms with Gasteiger partial charge in [0.1, 0.15) is 0 Å². The standard InChI is InChI=1S/C10H18BrN3OS/c1-4-8-10(11)9(14(3)13-8)6-16(15)5-7(2)12/h7H,4-6,12H2,1-3H3. The number of rotatable bonds is 5. The van der Waals surface area contributed by atoms with Crippen LogP contribution < -0.4 is 5.73 Å². The van der Waals surface area contributed by atoms with Crippen molar-refractivity contribution in [2.24, 2.45) is 12.8 Å². The lowest BCUT2D eigenvalue weighted by atomic mass is 10.3. The van der Waals surface area contributed by atoms with Crippen molar-refractivity contribution in [1.29, 1.82) is 0 Å². The number of aryl methyl sites for hydroxylation is 2. The molecule has 1 rings (SSSR count). The molecule has 6 heteroatoms. The van der Waals surface area contributed by atoms with Gasteiger partial charge in [0.2, 0.25) is 0 Å². The average molecular weight is 308 g/mol. The zero-order chi connectivity index (χ0) is 12.3. The molecule has 0 bridgehead atoms. The Labute approximate surface area is 107 Å². The Morgan fingerprint density at radius 2 is 2.25 bits per heavy atom. The molecular weight excluding hydrogens is 290 g/mol. The van der Waals surface area contributed by atoms with Gasteiger partial charge in [-0.15, -0.1) is 0 Å². The quantitative estimate of drug-likeness (QED) is 0.893. The summed E-state index contributed by atoms with van der Waals surface area (Å²) in [7, 11) is 0.951. The predicted octanol–water partition coefficient (Wildman–Crippen LogP) is 1.34. The summed E-state index contributed by atoms with van der Waals surface area (Å²) in [5, 5.41) is 4.36. The lowest BCUT2D eigenvalue weighted by Gasteiger charge is -2.06. The van der Waals surface area contributed by atoms with Crippen LogP contribution in [0.3, 0.4) is 0 Å². The fourth-order valence-corrected chi connectivity index (χ4v) is 3.76. The zero-order valence-corrected chi connectivity index (χ0v) is 12.3. The van der Waals surface area contributed by atoms with E-state index in [-0.39, 0.29) is 6.04 Å². The Morgan fingerprint density at radius 3 is 2.69 bits per heavy atom. The van der Waals surface area contributed by atoms with Crippen LogP contribution in [-0.4, -0.2) is 25.8 Å². The molecule has 1 aromatic rings. The summed E-state index contributed by atoms with van der Waals surface area (Å²) in [4.78, 5) is 0. The molecule has 1 heterocycles. The minimum atomic E-state index is -0.926. The van der Waals surface area contributed by atoms with Gasteiger partial charge in [0, 0.05) is 29.6 Å². The van der Waals surface area contributed by atoms with Crippen molar-refractivity contribution in [3.8, 4) is 0 Å². The van der Waals surface area contributed by atoms with Gasteiger partial charge in [-0.25, -0.2) is 0 Å². The molecule has 0 saturated heterocycles. The van der Waals surface area contributed by atoms with Crippen molar-refractivity contribution in [1.82, 2.24) is 9.78 Å². The maximum absolute atomic E-state index is 11.8. The van der Waals surface area contributed by atoms with Crippen LogP contribution in [0.4, 0.5) is 0 Å². The first-order valence-corrected chi connectivity index (χ1v) is 7.54. The monoisotopic (exact) mass is 307 g/mol. The molecule has 0 aliphatic heterocycles. The highest BCUT2D eigenvalue weighted by molar-refractivity contribution is 9.10. The van der Waals surface area contributed by atoms with E-state index in [4.69, 9.17) is 5.73 Å². The van der Waals surface area contributed by atoms with E-state index < -0.39 is 10.8 Å². The fraction of sp³-hybridized carbons (Fsp3) is 0.700. The molecule has 0 saturated carbocycles. The van der Waals surface area contributed by atoms with Gasteiger partial charge in [-0.05, 0) is 29.3 Å². The summed E-state index contributed by atoms with van der Waals surface area (Å²) < 4.78 is 14.6. The Kier molecular flexibility index (Phi) is 5.14. The first-order chi connectivity index (χ1) is 7.45. The van der Waals surface area contributed by atoms with E-state index in [9.17, 15) is 4.21 Å². The largest absolute Gasteiger partial charge is 0.327 e. The Bertz CT molecular complexity index is 390. The maximum Gasteiger partial charge on any atom is 0.0767 e. The summed E-state index contributed by atoms with van der Waals surface area (Å²) >= 11 is 3.51. The molecule has 0 aliphatic carbocycles. The molecule has 4 nitrogen and oxygen atoms in total. The molecule has 16 heavy (non-hydrogen) atoms. The molecule has 0 fully saturated rings. The van der Waals surface area contributed by atoms with E-state index >= 15 is 0 Å². The Morgan fingerprint density at radius 1 is 1.62 bits per heavy atom. The van der Waals surface area contributed by atoms with Gasteiger partial charge >= 0.3 is 0 Å². The molecule has 0 aliphatic rings. The molecule has 2 N–H and O–H groups in total. The first-order valence-electron chi connectivity index (χ1n) is 5.26. The van der Waals surface area contributed by atoms with Crippen molar-refractivity contribution in [2.45, 2.75) is 32.1 Å². The molecule has 0 amide bonds. The fourth-order valence-electron chi connectivity index (χ4n) is 1.48. The van der Waals surface area contributed by atoms with Crippen LogP contribution in [0.1, 0.15) is 25.2 Å². The maximum atomic E-state index is 11.8. The van der Waals surface area contributed by atoms with E-state index in [0.717, 1.165) is 22.3 Å². The van der Waals surface area contributed by atoms with Crippen LogP contribution in [0.15, 0.2) is 4.47 Å². The van der Waals surface area contributed by atoms with E-state index in [1.807, 2.05) is 14.0 Å². The first kappa shape index (κ1) is 13.9. The third kappa shape index (κ3) is 3.40. The van der Waals surface area contributed by atoms with Crippen LogP contribution >= 0.6 is 15.9 Å². The van der Waals surface area contributed by atoms with Crippen molar-refractivity contribution >= 4 is 26.7 Å². The summed E-state index contributed by atoms with van der Waals surface area (Å²) in [6.07, 6.45) is 0.869. The molecule has 0 aromatic carbocycles. The third-order valence-corrected chi connectivity index (χ3v) is 4.66. The lowest BCUT2D eigenvalue weighted by molar-refractivity contribution is 0.669. The van der Waals surface area contributed by atoms with Crippen molar-refractivity contribution in [3.63, 3.8) is 0 Å². The molecule has 2 unspecified atom stereocenters. The molecule has 0 radical (unpaired) electrons. The van der Waals surface area contributed by atoms with Crippen molar-refractivity contribution in [3.05, 3.63) is 15.9 Å². The Balaban J connectivity index is 2.81. The summed E-state index contributed by atoms with van der Waals surface area (Å²) in [6.45, 7) is 3.92. The third-order valence-electron chi connectivity index (χ3n) is 2.25. The van der Waals surface area contributed by atoms with Crippen LogP contribution in [0.25, 0.3) is 0 Å². The molecule has 1 aromatic heterocycles. The molecule has 0 spiro atoms.